The summed E-state index contributed by atoms with van der Waals surface area (Å²) in [5, 5.41) is 4.40. The minimum atomic E-state index is -0.0843. The second-order valence-electron chi connectivity index (χ2n) is 8.33. The molecule has 1 aliphatic rings. The van der Waals surface area contributed by atoms with Gasteiger partial charge in [0.15, 0.2) is 11.5 Å². The Kier molecular flexibility index (Phi) is 8.35. The van der Waals surface area contributed by atoms with Crippen LogP contribution in [0.4, 0.5) is 0 Å². The van der Waals surface area contributed by atoms with Crippen molar-refractivity contribution >= 4 is 12.0 Å². The fourth-order valence-corrected chi connectivity index (χ4v) is 3.98. The van der Waals surface area contributed by atoms with Gasteiger partial charge in [0.2, 0.25) is 5.91 Å². The first-order chi connectivity index (χ1) is 17.2. The summed E-state index contributed by atoms with van der Waals surface area (Å²) in [5.41, 5.74) is 2.77. The molecule has 0 radical (unpaired) electrons. The molecule has 4 rings (SSSR count). The van der Waals surface area contributed by atoms with E-state index in [0.29, 0.717) is 31.2 Å². The molecule has 1 unspecified atom stereocenters. The zero-order chi connectivity index (χ0) is 24.5. The molecule has 1 aromatic heterocycles. The molecule has 0 saturated carbocycles. The number of carbonyl (C=O) groups is 1. The largest absolute Gasteiger partial charge is 0.493 e. The van der Waals surface area contributed by atoms with Gasteiger partial charge in [-0.2, -0.15) is 5.10 Å². The van der Waals surface area contributed by atoms with Gasteiger partial charge in [0.05, 0.1) is 25.1 Å². The molecule has 3 aromatic rings. The monoisotopic (exact) mass is 473 g/mol. The third-order valence-electron chi connectivity index (χ3n) is 5.76. The minimum absolute atomic E-state index is 0.0466. The molecule has 2 aromatic carbocycles. The van der Waals surface area contributed by atoms with E-state index in [1.807, 2.05) is 59.6 Å². The highest BCUT2D eigenvalue weighted by Gasteiger charge is 2.22. The quantitative estimate of drug-likeness (QED) is 0.299. The summed E-state index contributed by atoms with van der Waals surface area (Å²) in [6.07, 6.45) is 10.7. The molecule has 0 aliphatic carbocycles. The predicted molar refractivity (Wildman–Crippen MR) is 136 cm³/mol. The molecule has 7 nitrogen and oxygen atoms in total. The lowest BCUT2D eigenvalue weighted by Crippen LogP contribution is -2.35. The zero-order valence-corrected chi connectivity index (χ0v) is 20.0. The molecule has 1 atom stereocenters. The Morgan fingerprint density at radius 3 is 2.86 bits per heavy atom. The van der Waals surface area contributed by atoms with E-state index in [1.165, 1.54) is 0 Å². The summed E-state index contributed by atoms with van der Waals surface area (Å²) >= 11 is 0. The number of rotatable bonds is 11. The van der Waals surface area contributed by atoms with Crippen LogP contribution in [0.15, 0.2) is 79.7 Å². The highest BCUT2D eigenvalue weighted by atomic mass is 16.5. The molecule has 1 amide bonds. The maximum Gasteiger partial charge on any atom is 0.246 e. The van der Waals surface area contributed by atoms with Crippen LogP contribution in [0.2, 0.25) is 0 Å². The van der Waals surface area contributed by atoms with Crippen LogP contribution in [0.25, 0.3) is 11.8 Å². The van der Waals surface area contributed by atoms with E-state index in [1.54, 1.807) is 36.2 Å². The number of hydrogen-bond acceptors (Lipinski definition) is 5. The van der Waals surface area contributed by atoms with Gasteiger partial charge in [-0.15, -0.1) is 0 Å². The van der Waals surface area contributed by atoms with E-state index in [2.05, 4.69) is 11.7 Å². The van der Waals surface area contributed by atoms with Crippen molar-refractivity contribution in [3.63, 3.8) is 0 Å². The molecule has 0 bridgehead atoms. The lowest BCUT2D eigenvalue weighted by atomic mass is 10.1. The van der Waals surface area contributed by atoms with Crippen LogP contribution in [0.5, 0.6) is 11.5 Å². The standard InChI is InChI=1S/C28H31N3O4/c1-3-15-35-26-13-11-22(17-27(26)33-2)19-30(21-25-10-7-16-34-25)28(32)14-12-23-18-29-31(20-23)24-8-5-4-6-9-24/h3-6,8-9,11-14,17-18,20,25H,1,7,10,15-16,19,21H2,2H3/b14-12+. The van der Waals surface area contributed by atoms with Gasteiger partial charge in [0.1, 0.15) is 6.61 Å². The van der Waals surface area contributed by atoms with Crippen molar-refractivity contribution in [1.82, 2.24) is 14.7 Å². The van der Waals surface area contributed by atoms with Crippen molar-refractivity contribution < 1.29 is 19.0 Å². The van der Waals surface area contributed by atoms with Crippen LogP contribution in [0.3, 0.4) is 0 Å². The number of ether oxygens (including phenoxy) is 3. The van der Waals surface area contributed by atoms with Gasteiger partial charge in [-0.3, -0.25) is 4.79 Å². The van der Waals surface area contributed by atoms with Gasteiger partial charge in [0.25, 0.3) is 0 Å². The van der Waals surface area contributed by atoms with Crippen molar-refractivity contribution in [2.45, 2.75) is 25.5 Å². The number of para-hydroxylation sites is 1. The SMILES string of the molecule is C=CCOc1ccc(CN(CC2CCCO2)C(=O)/C=C/c2cnn(-c3ccccc3)c2)cc1OC. The van der Waals surface area contributed by atoms with E-state index in [9.17, 15) is 4.79 Å². The molecule has 182 valence electrons. The van der Waals surface area contributed by atoms with E-state index in [4.69, 9.17) is 14.2 Å². The zero-order valence-electron chi connectivity index (χ0n) is 20.0. The Morgan fingerprint density at radius 2 is 2.11 bits per heavy atom. The van der Waals surface area contributed by atoms with Crippen LogP contribution >= 0.6 is 0 Å². The highest BCUT2D eigenvalue weighted by molar-refractivity contribution is 5.91. The van der Waals surface area contributed by atoms with Crippen LogP contribution < -0.4 is 9.47 Å². The number of methoxy groups -OCH3 is 1. The van der Waals surface area contributed by atoms with E-state index in [-0.39, 0.29) is 12.0 Å². The summed E-state index contributed by atoms with van der Waals surface area (Å²) in [5.74, 6) is 1.18. The van der Waals surface area contributed by atoms with Gasteiger partial charge in [-0.1, -0.05) is 36.9 Å². The van der Waals surface area contributed by atoms with E-state index in [0.717, 1.165) is 36.3 Å². The maximum absolute atomic E-state index is 13.2. The molecule has 0 N–H and O–H groups in total. The summed E-state index contributed by atoms with van der Waals surface area (Å²) in [6, 6.07) is 15.6. The Bertz CT molecular complexity index is 1150. The van der Waals surface area contributed by atoms with Crippen LogP contribution in [0, 0.1) is 0 Å². The maximum atomic E-state index is 13.2. The second kappa shape index (κ2) is 12.0. The number of carbonyl (C=O) groups excluding carboxylic acids is 1. The minimum Gasteiger partial charge on any atom is -0.493 e. The van der Waals surface area contributed by atoms with Gasteiger partial charge < -0.3 is 19.1 Å². The third-order valence-corrected chi connectivity index (χ3v) is 5.76. The number of aromatic nitrogens is 2. The number of benzene rings is 2. The van der Waals surface area contributed by atoms with E-state index >= 15 is 0 Å². The molecule has 35 heavy (non-hydrogen) atoms. The number of amides is 1. The van der Waals surface area contributed by atoms with Crippen molar-refractivity contribution in [3.8, 4) is 17.2 Å². The Balaban J connectivity index is 1.48. The number of nitrogens with zero attached hydrogens (tertiary/aromatic N) is 3. The molecular formula is C28H31N3O4. The van der Waals surface area contributed by atoms with Crippen molar-refractivity contribution in [3.05, 3.63) is 90.8 Å². The lowest BCUT2D eigenvalue weighted by molar-refractivity contribution is -0.128. The van der Waals surface area contributed by atoms with Crippen molar-refractivity contribution in [1.29, 1.82) is 0 Å². The average Bonchev–Trinajstić information content (AvgIpc) is 3.59. The van der Waals surface area contributed by atoms with Crippen molar-refractivity contribution in [2.24, 2.45) is 0 Å². The summed E-state index contributed by atoms with van der Waals surface area (Å²) in [6.45, 7) is 5.78. The second-order valence-corrected chi connectivity index (χ2v) is 8.33. The fraction of sp³-hybridized carbons (Fsp3) is 0.286. The average molecular weight is 474 g/mol. The first-order valence-corrected chi connectivity index (χ1v) is 11.8. The van der Waals surface area contributed by atoms with Crippen LogP contribution in [-0.2, 0) is 16.1 Å². The molecule has 7 heteroatoms. The lowest BCUT2D eigenvalue weighted by Gasteiger charge is -2.25. The smallest absolute Gasteiger partial charge is 0.246 e. The molecule has 2 heterocycles. The Hall–Kier alpha value is -3.84. The molecule has 1 saturated heterocycles. The topological polar surface area (TPSA) is 65.8 Å². The molecule has 1 aliphatic heterocycles. The Labute approximate surface area is 206 Å². The summed E-state index contributed by atoms with van der Waals surface area (Å²) in [4.78, 5) is 15.1. The summed E-state index contributed by atoms with van der Waals surface area (Å²) in [7, 11) is 1.60. The van der Waals surface area contributed by atoms with Gasteiger partial charge in [0, 0.05) is 37.5 Å². The van der Waals surface area contributed by atoms with E-state index < -0.39 is 0 Å². The Morgan fingerprint density at radius 1 is 1.26 bits per heavy atom. The summed E-state index contributed by atoms with van der Waals surface area (Å²) < 4.78 is 18.7. The number of hydrogen-bond donors (Lipinski definition) is 0. The van der Waals surface area contributed by atoms with Gasteiger partial charge in [-0.25, -0.2) is 4.68 Å². The van der Waals surface area contributed by atoms with Gasteiger partial charge in [-0.05, 0) is 48.7 Å². The predicted octanol–water partition coefficient (Wildman–Crippen LogP) is 4.67. The molecule has 1 fully saturated rings. The first kappa shape index (κ1) is 24.3. The molecular weight excluding hydrogens is 442 g/mol. The van der Waals surface area contributed by atoms with Crippen LogP contribution in [0.1, 0.15) is 24.0 Å². The third kappa shape index (κ3) is 6.61. The van der Waals surface area contributed by atoms with Crippen LogP contribution in [-0.4, -0.2) is 53.6 Å². The molecule has 0 spiro atoms. The first-order valence-electron chi connectivity index (χ1n) is 11.8. The normalized spacial score (nSPS) is 15.3. The van der Waals surface area contributed by atoms with Crippen molar-refractivity contribution in [2.75, 3.05) is 26.9 Å². The fourth-order valence-electron chi connectivity index (χ4n) is 3.98. The highest BCUT2D eigenvalue weighted by Crippen LogP contribution is 2.29. The van der Waals surface area contributed by atoms with Gasteiger partial charge >= 0.3 is 0 Å².